The third-order valence-electron chi connectivity index (χ3n) is 5.41. The van der Waals surface area contributed by atoms with Gasteiger partial charge in [0.25, 0.3) is 10.1 Å². The Bertz CT molecular complexity index is 2160. The maximum absolute atomic E-state index is 12.3. The monoisotopic (exact) mass is 684 g/mol. The van der Waals surface area contributed by atoms with Crippen molar-refractivity contribution in [1.82, 2.24) is 15.0 Å². The van der Waals surface area contributed by atoms with Gasteiger partial charge in [-0.25, -0.2) is 12.6 Å². The van der Waals surface area contributed by atoms with Crippen molar-refractivity contribution >= 4 is 81.7 Å². The van der Waals surface area contributed by atoms with Crippen molar-refractivity contribution in [3.8, 4) is 11.9 Å². The van der Waals surface area contributed by atoms with Crippen molar-refractivity contribution < 1.29 is 43.6 Å². The van der Waals surface area contributed by atoms with Gasteiger partial charge in [0.05, 0.1) is 22.9 Å². The molecular formula is C22H17ClN8O10S3. The Labute approximate surface area is 253 Å². The van der Waals surface area contributed by atoms with Crippen LogP contribution in [0, 0.1) is 11.5 Å². The molecule has 4 aromatic rings. The van der Waals surface area contributed by atoms with Gasteiger partial charge in [-0.2, -0.15) is 42.2 Å². The second-order valence-electron chi connectivity index (χ2n) is 8.36. The fraction of sp³-hybridized carbons (Fsp3) is 0.0909. The molecule has 0 aliphatic carbocycles. The molecule has 0 fully saturated rings. The Hall–Kier alpha value is -4.56. The van der Waals surface area contributed by atoms with Crippen LogP contribution in [0.15, 0.2) is 68.6 Å². The Morgan fingerprint density at radius 1 is 0.932 bits per heavy atom. The van der Waals surface area contributed by atoms with Crippen LogP contribution in [0.5, 0.6) is 5.75 Å². The molecule has 0 bridgehead atoms. The molecule has 0 aliphatic heterocycles. The lowest BCUT2D eigenvalue weighted by Gasteiger charge is -2.11. The Morgan fingerprint density at radius 2 is 1.61 bits per heavy atom. The zero-order chi connectivity index (χ0) is 32.3. The molecule has 44 heavy (non-hydrogen) atoms. The molecular weight excluding hydrogens is 668 g/mol. The summed E-state index contributed by atoms with van der Waals surface area (Å²) in [5.74, 6) is -1.64. The smallest absolute Gasteiger partial charge is 0.397 e. The lowest BCUT2D eigenvalue weighted by molar-refractivity contribution is 0.284. The number of anilines is 3. The number of nitrogens with one attached hydrogen (secondary N) is 2. The molecule has 0 unspecified atom stereocenters. The number of halogens is 1. The zero-order valence-corrected chi connectivity index (χ0v) is 24.7. The molecule has 1 aromatic heterocycles. The molecule has 0 aliphatic rings. The first-order valence-electron chi connectivity index (χ1n) is 11.5. The van der Waals surface area contributed by atoms with Gasteiger partial charge >= 0.3 is 10.4 Å². The summed E-state index contributed by atoms with van der Waals surface area (Å²) in [5, 5.41) is 32.2. The normalized spacial score (nSPS) is 12.3. The third-order valence-corrected chi connectivity index (χ3v) is 8.60. The largest absolute Gasteiger partial charge is 0.505 e. The predicted molar refractivity (Wildman–Crippen MR) is 153 cm³/mol. The highest BCUT2D eigenvalue weighted by Gasteiger charge is 2.23. The first-order valence-corrected chi connectivity index (χ1v) is 16.4. The van der Waals surface area contributed by atoms with Crippen LogP contribution in [0.4, 0.5) is 29.0 Å². The molecule has 0 radical (unpaired) electrons. The Balaban J connectivity index is 1.64. The first kappa shape index (κ1) is 32.4. The fourth-order valence-electron chi connectivity index (χ4n) is 3.56. The number of aromatic hydroxyl groups is 1. The number of fused-ring (bicyclic) bond motifs is 1. The maximum Gasteiger partial charge on any atom is 0.397 e. The summed E-state index contributed by atoms with van der Waals surface area (Å²) in [6.07, 6.45) is 1.63. The quantitative estimate of drug-likeness (QED) is 0.0655. The lowest BCUT2D eigenvalue weighted by atomic mass is 10.1. The molecule has 0 saturated carbocycles. The Kier molecular flexibility index (Phi) is 9.25. The molecule has 22 heteroatoms. The van der Waals surface area contributed by atoms with Crippen LogP contribution in [0.25, 0.3) is 10.8 Å². The number of rotatable bonds is 11. The molecule has 230 valence electrons. The zero-order valence-electron chi connectivity index (χ0n) is 21.5. The first-order chi connectivity index (χ1) is 20.6. The van der Waals surface area contributed by atoms with Crippen molar-refractivity contribution in [3.63, 3.8) is 0 Å². The molecule has 5 N–H and O–H groups in total. The van der Waals surface area contributed by atoms with Gasteiger partial charge in [-0.15, -0.1) is 5.11 Å². The summed E-state index contributed by atoms with van der Waals surface area (Å²) in [4.78, 5) is 10.5. The van der Waals surface area contributed by atoms with Crippen molar-refractivity contribution in [1.29, 1.82) is 5.26 Å². The Morgan fingerprint density at radius 3 is 2.25 bits per heavy atom. The highest BCUT2D eigenvalue weighted by molar-refractivity contribution is 7.91. The number of aromatic nitrogens is 3. The number of nitrogens with zero attached hydrogens (tertiary/aromatic N) is 6. The highest BCUT2D eigenvalue weighted by Crippen LogP contribution is 2.42. The van der Waals surface area contributed by atoms with E-state index < -0.39 is 59.0 Å². The van der Waals surface area contributed by atoms with E-state index in [2.05, 4.69) is 40.0 Å². The fourth-order valence-corrected chi connectivity index (χ4v) is 5.86. The minimum atomic E-state index is -4.96. The van der Waals surface area contributed by atoms with Crippen LogP contribution in [0.2, 0.25) is 5.28 Å². The topological polar surface area (TPSA) is 284 Å². The molecule has 0 amide bonds. The van der Waals surface area contributed by atoms with E-state index >= 15 is 0 Å². The number of phenols is 1. The van der Waals surface area contributed by atoms with Crippen molar-refractivity contribution in [2.75, 3.05) is 23.0 Å². The summed E-state index contributed by atoms with van der Waals surface area (Å²) >= 11 is 5.83. The average molecular weight is 685 g/mol. The van der Waals surface area contributed by atoms with Crippen LogP contribution in [0.1, 0.15) is 0 Å². The van der Waals surface area contributed by atoms with Gasteiger partial charge in [-0.3, -0.25) is 14.4 Å². The predicted octanol–water partition coefficient (Wildman–Crippen LogP) is 3.28. The number of phenolic OH excluding ortho intramolecular Hbond substituents is 1. The van der Waals surface area contributed by atoms with E-state index in [1.807, 2.05) is 0 Å². The van der Waals surface area contributed by atoms with Crippen LogP contribution < -0.4 is 10.6 Å². The number of sulfone groups is 1. The number of hydrogen-bond acceptors (Lipinski definition) is 16. The van der Waals surface area contributed by atoms with Gasteiger partial charge in [0, 0.05) is 11.1 Å². The molecule has 18 nitrogen and oxygen atoms in total. The molecule has 3 aromatic carbocycles. The van der Waals surface area contributed by atoms with Gasteiger partial charge in [-0.05, 0) is 65.5 Å². The van der Waals surface area contributed by atoms with E-state index in [9.17, 15) is 34.9 Å². The van der Waals surface area contributed by atoms with Crippen LogP contribution in [-0.4, -0.2) is 66.8 Å². The van der Waals surface area contributed by atoms with Crippen LogP contribution in [0.3, 0.4) is 0 Å². The molecule has 0 atom stereocenters. The summed E-state index contributed by atoms with van der Waals surface area (Å²) < 4.78 is 92.7. The maximum atomic E-state index is 12.3. The minimum Gasteiger partial charge on any atom is -0.505 e. The van der Waals surface area contributed by atoms with E-state index in [1.54, 1.807) is 6.19 Å². The third kappa shape index (κ3) is 8.08. The van der Waals surface area contributed by atoms with E-state index in [0.29, 0.717) is 0 Å². The van der Waals surface area contributed by atoms with Gasteiger partial charge in [0.15, 0.2) is 21.8 Å². The average Bonchev–Trinajstić information content (AvgIpc) is 2.91. The number of hydrogen-bond donors (Lipinski definition) is 5. The summed E-state index contributed by atoms with van der Waals surface area (Å²) in [6.45, 7) is -0.827. The highest BCUT2D eigenvalue weighted by atomic mass is 35.5. The number of azo groups is 1. The van der Waals surface area contributed by atoms with E-state index in [4.69, 9.17) is 21.4 Å². The second-order valence-corrected chi connectivity index (χ2v) is 13.3. The van der Waals surface area contributed by atoms with E-state index in [-0.39, 0.29) is 44.2 Å². The summed E-state index contributed by atoms with van der Waals surface area (Å²) in [5.41, 5.74) is -0.312. The van der Waals surface area contributed by atoms with E-state index in [0.717, 1.165) is 18.2 Å². The minimum absolute atomic E-state index is 0.0136. The van der Waals surface area contributed by atoms with Gasteiger partial charge < -0.3 is 10.4 Å². The molecule has 0 spiro atoms. The lowest BCUT2D eigenvalue weighted by Crippen LogP contribution is -2.15. The van der Waals surface area contributed by atoms with E-state index in [1.165, 1.54) is 30.3 Å². The van der Waals surface area contributed by atoms with Crippen molar-refractivity contribution in [2.45, 2.75) is 9.79 Å². The van der Waals surface area contributed by atoms with Crippen molar-refractivity contribution in [2.24, 2.45) is 10.2 Å². The summed E-state index contributed by atoms with van der Waals surface area (Å²) in [6, 6.07) is 9.86. The van der Waals surface area contributed by atoms with Crippen LogP contribution in [-0.2, 0) is 34.5 Å². The second kappa shape index (κ2) is 12.6. The van der Waals surface area contributed by atoms with Crippen LogP contribution >= 0.6 is 11.6 Å². The van der Waals surface area contributed by atoms with Crippen molar-refractivity contribution in [3.05, 3.63) is 53.8 Å². The van der Waals surface area contributed by atoms with Gasteiger partial charge in [-0.1, -0.05) is 0 Å². The standard InChI is InChI=1S/C22H17ClN8O10S3/c23-20-27-21(25-11-24)29-22(28-20)26-14-3-6-16-12(9-14)10-17(43(35,36)37)18(19(16)32)31-30-13-1-4-15(5-2-13)42(33,34)8-7-41-44(38,39)40/h1-6,9-10,32H,7-8H2,(H,35,36,37)(H,38,39,40)(H2,25,26,27,28,29)/b31-30+. The number of benzene rings is 3. The number of nitriles is 1. The van der Waals surface area contributed by atoms with Gasteiger partial charge in [0.2, 0.25) is 17.2 Å². The van der Waals surface area contributed by atoms with Gasteiger partial charge in [0.1, 0.15) is 10.6 Å². The molecule has 1 heterocycles. The SMILES string of the molecule is N#CNc1nc(Cl)nc(Nc2ccc3c(O)c(/N=N/c4ccc(S(=O)(=O)CCOS(=O)(=O)O)cc4)c(S(=O)(=O)O)cc3c2)n1. The summed E-state index contributed by atoms with van der Waals surface area (Å²) in [7, 11) is -13.8. The molecule has 4 rings (SSSR count). The molecule has 0 saturated heterocycles.